The Hall–Kier alpha value is -0.760. The number of nitrogens with one attached hydrogen (secondary N) is 1. The maximum atomic E-state index is 5.66. The first-order valence-corrected chi connectivity index (χ1v) is 8.11. The largest absolute Gasteiger partial charge is 0.469 e. The Morgan fingerprint density at radius 2 is 2.05 bits per heavy atom. The summed E-state index contributed by atoms with van der Waals surface area (Å²) in [5, 5.41) is 3.73. The van der Waals surface area contributed by atoms with Crippen molar-refractivity contribution in [3.05, 3.63) is 23.7 Å². The quantitative estimate of drug-likeness (QED) is 0.804. The van der Waals surface area contributed by atoms with Gasteiger partial charge in [-0.15, -0.1) is 0 Å². The van der Waals surface area contributed by atoms with Crippen molar-refractivity contribution >= 4 is 0 Å². The maximum absolute atomic E-state index is 5.66. The molecule has 1 heterocycles. The van der Waals surface area contributed by atoms with Crippen LogP contribution in [0.4, 0.5) is 0 Å². The molecular formula is C17H29NO. The second kappa shape index (κ2) is 7.14. The monoisotopic (exact) mass is 263 g/mol. The van der Waals surface area contributed by atoms with Crippen molar-refractivity contribution in [1.29, 1.82) is 0 Å². The molecule has 1 aliphatic carbocycles. The molecule has 1 fully saturated rings. The van der Waals surface area contributed by atoms with E-state index in [0.29, 0.717) is 6.04 Å². The number of hydrogen-bond donors (Lipinski definition) is 1. The van der Waals surface area contributed by atoms with Crippen LogP contribution >= 0.6 is 0 Å². The van der Waals surface area contributed by atoms with Gasteiger partial charge in [0.05, 0.1) is 6.26 Å². The molecule has 108 valence electrons. The van der Waals surface area contributed by atoms with Crippen molar-refractivity contribution in [2.75, 3.05) is 6.54 Å². The second-order valence-electron chi connectivity index (χ2n) is 5.80. The fraction of sp³-hybridized carbons (Fsp3) is 0.765. The van der Waals surface area contributed by atoms with E-state index in [0.717, 1.165) is 24.8 Å². The molecule has 0 radical (unpaired) electrons. The Kier molecular flexibility index (Phi) is 5.50. The van der Waals surface area contributed by atoms with Crippen LogP contribution in [-0.2, 0) is 6.42 Å². The predicted octanol–water partition coefficient (Wildman–Crippen LogP) is 4.71. The van der Waals surface area contributed by atoms with Crippen molar-refractivity contribution < 1.29 is 4.42 Å². The van der Waals surface area contributed by atoms with Crippen molar-refractivity contribution in [3.8, 4) is 0 Å². The third-order valence-electron chi connectivity index (χ3n) is 4.78. The zero-order valence-corrected chi connectivity index (χ0v) is 12.7. The zero-order valence-electron chi connectivity index (χ0n) is 12.7. The van der Waals surface area contributed by atoms with E-state index >= 15 is 0 Å². The van der Waals surface area contributed by atoms with Crippen molar-refractivity contribution in [3.63, 3.8) is 0 Å². The molecule has 0 saturated heterocycles. The lowest BCUT2D eigenvalue weighted by atomic mass is 9.72. The van der Waals surface area contributed by atoms with Crippen LogP contribution in [0.15, 0.2) is 16.7 Å². The van der Waals surface area contributed by atoms with Crippen LogP contribution in [0.5, 0.6) is 0 Å². The first-order chi connectivity index (χ1) is 9.31. The molecule has 0 aliphatic heterocycles. The smallest absolute Gasteiger partial charge is 0.108 e. The maximum Gasteiger partial charge on any atom is 0.108 e. The highest BCUT2D eigenvalue weighted by Crippen LogP contribution is 2.41. The highest BCUT2D eigenvalue weighted by Gasteiger charge is 2.32. The molecule has 1 saturated carbocycles. The van der Waals surface area contributed by atoms with E-state index < -0.39 is 0 Å². The molecular weight excluding hydrogens is 234 g/mol. The molecule has 1 aromatic heterocycles. The molecule has 0 amide bonds. The van der Waals surface area contributed by atoms with Gasteiger partial charge in [0.15, 0.2) is 0 Å². The first-order valence-electron chi connectivity index (χ1n) is 8.11. The van der Waals surface area contributed by atoms with E-state index in [1.807, 2.05) is 6.26 Å². The topological polar surface area (TPSA) is 25.2 Å². The van der Waals surface area contributed by atoms with Crippen LogP contribution in [0, 0.1) is 11.8 Å². The third kappa shape index (κ3) is 3.22. The molecule has 1 aromatic rings. The van der Waals surface area contributed by atoms with Gasteiger partial charge in [-0.25, -0.2) is 0 Å². The van der Waals surface area contributed by atoms with Gasteiger partial charge in [-0.1, -0.05) is 46.5 Å². The molecule has 2 rings (SSSR count). The van der Waals surface area contributed by atoms with E-state index in [9.17, 15) is 0 Å². The lowest BCUT2D eigenvalue weighted by Gasteiger charge is -2.37. The molecule has 19 heavy (non-hydrogen) atoms. The van der Waals surface area contributed by atoms with Gasteiger partial charge in [0.1, 0.15) is 5.76 Å². The second-order valence-corrected chi connectivity index (χ2v) is 5.80. The van der Waals surface area contributed by atoms with Crippen molar-refractivity contribution in [2.24, 2.45) is 11.8 Å². The minimum Gasteiger partial charge on any atom is -0.469 e. The Bertz CT molecular complexity index is 371. The van der Waals surface area contributed by atoms with E-state index in [1.165, 1.54) is 43.4 Å². The fourth-order valence-corrected chi connectivity index (χ4v) is 3.81. The summed E-state index contributed by atoms with van der Waals surface area (Å²) in [6.07, 6.45) is 9.75. The summed E-state index contributed by atoms with van der Waals surface area (Å²) in [5.74, 6) is 2.82. The molecule has 0 spiro atoms. The summed E-state index contributed by atoms with van der Waals surface area (Å²) in [7, 11) is 0. The van der Waals surface area contributed by atoms with Gasteiger partial charge in [-0.3, -0.25) is 0 Å². The highest BCUT2D eigenvalue weighted by atomic mass is 16.3. The summed E-state index contributed by atoms with van der Waals surface area (Å²) in [6, 6.07) is 2.68. The normalized spacial score (nSPS) is 25.4. The number of rotatable bonds is 6. The van der Waals surface area contributed by atoms with Crippen LogP contribution < -0.4 is 5.32 Å². The minimum absolute atomic E-state index is 0.490. The molecule has 3 unspecified atom stereocenters. The van der Waals surface area contributed by atoms with Crippen molar-refractivity contribution in [1.82, 2.24) is 5.32 Å². The number of furan rings is 1. The van der Waals surface area contributed by atoms with Crippen LogP contribution in [0.25, 0.3) is 0 Å². The van der Waals surface area contributed by atoms with Crippen LogP contribution in [0.1, 0.15) is 70.2 Å². The van der Waals surface area contributed by atoms with Crippen molar-refractivity contribution in [2.45, 2.75) is 65.3 Å². The number of hydrogen-bond acceptors (Lipinski definition) is 2. The Balaban J connectivity index is 2.23. The van der Waals surface area contributed by atoms with Gasteiger partial charge in [-0.2, -0.15) is 0 Å². The van der Waals surface area contributed by atoms with Crippen LogP contribution in [0.2, 0.25) is 0 Å². The average Bonchev–Trinajstić information content (AvgIpc) is 2.93. The zero-order chi connectivity index (χ0) is 13.7. The van der Waals surface area contributed by atoms with Crippen LogP contribution in [0.3, 0.4) is 0 Å². The summed E-state index contributed by atoms with van der Waals surface area (Å²) in [4.78, 5) is 0. The lowest BCUT2D eigenvalue weighted by molar-refractivity contribution is 0.175. The van der Waals surface area contributed by atoms with E-state index in [4.69, 9.17) is 4.42 Å². The van der Waals surface area contributed by atoms with Gasteiger partial charge in [-0.05, 0) is 30.9 Å². The molecule has 0 aromatic carbocycles. The van der Waals surface area contributed by atoms with Gasteiger partial charge in [0.2, 0.25) is 0 Å². The standard InChI is InChI=1S/C17H29NO/c1-4-13-9-7-8-10-14(13)17(18-6-3)15-11-12-19-16(15)5-2/h11-14,17-18H,4-10H2,1-3H3. The summed E-state index contributed by atoms with van der Waals surface area (Å²) in [5.41, 5.74) is 1.41. The Morgan fingerprint density at radius 1 is 1.26 bits per heavy atom. The fourth-order valence-electron chi connectivity index (χ4n) is 3.81. The SMILES string of the molecule is CCNC(c1ccoc1CC)C1CCCCC1CC. The first kappa shape index (κ1) is 14.6. The summed E-state index contributed by atoms with van der Waals surface area (Å²) < 4.78 is 5.66. The Morgan fingerprint density at radius 3 is 2.74 bits per heavy atom. The molecule has 3 atom stereocenters. The van der Waals surface area contributed by atoms with Gasteiger partial charge >= 0.3 is 0 Å². The molecule has 1 N–H and O–H groups in total. The minimum atomic E-state index is 0.490. The Labute approximate surface area is 118 Å². The van der Waals surface area contributed by atoms with Crippen LogP contribution in [-0.4, -0.2) is 6.54 Å². The van der Waals surface area contributed by atoms with Gasteiger partial charge in [0, 0.05) is 18.0 Å². The molecule has 2 heteroatoms. The molecule has 1 aliphatic rings. The lowest BCUT2D eigenvalue weighted by Crippen LogP contribution is -2.34. The predicted molar refractivity (Wildman–Crippen MR) is 80.2 cm³/mol. The van der Waals surface area contributed by atoms with Gasteiger partial charge < -0.3 is 9.73 Å². The van der Waals surface area contributed by atoms with E-state index in [2.05, 4.69) is 32.2 Å². The molecule has 2 nitrogen and oxygen atoms in total. The summed E-state index contributed by atoms with van der Waals surface area (Å²) in [6.45, 7) is 7.78. The number of aryl methyl sites for hydroxylation is 1. The highest BCUT2D eigenvalue weighted by molar-refractivity contribution is 5.23. The van der Waals surface area contributed by atoms with E-state index in [-0.39, 0.29) is 0 Å². The van der Waals surface area contributed by atoms with E-state index in [1.54, 1.807) is 0 Å². The average molecular weight is 263 g/mol. The molecule has 0 bridgehead atoms. The third-order valence-corrected chi connectivity index (χ3v) is 4.78. The summed E-state index contributed by atoms with van der Waals surface area (Å²) >= 11 is 0. The van der Waals surface area contributed by atoms with Gasteiger partial charge in [0.25, 0.3) is 0 Å².